The van der Waals surface area contributed by atoms with Crippen LogP contribution in [0.5, 0.6) is 0 Å². The van der Waals surface area contributed by atoms with Gasteiger partial charge in [0.15, 0.2) is 0 Å². The molecular formula is C7H6N2O. The van der Waals surface area contributed by atoms with E-state index in [1.807, 2.05) is 0 Å². The van der Waals surface area contributed by atoms with Gasteiger partial charge in [-0.05, 0) is 0 Å². The molecule has 50 valence electrons. The molecule has 2 rings (SSSR count). The van der Waals surface area contributed by atoms with Gasteiger partial charge in [0.1, 0.15) is 6.34 Å². The topological polar surface area (TPSA) is 37.9 Å². The van der Waals surface area contributed by atoms with Crippen molar-refractivity contribution < 1.29 is 4.42 Å². The number of rotatable bonds is 0. The van der Waals surface area contributed by atoms with Crippen LogP contribution in [0.3, 0.4) is 0 Å². The first-order chi connectivity index (χ1) is 4.97. The highest BCUT2D eigenvalue weighted by Gasteiger charge is 2.02. The van der Waals surface area contributed by atoms with Crippen molar-refractivity contribution in [3.05, 3.63) is 23.7 Å². The van der Waals surface area contributed by atoms with Crippen LogP contribution in [0.15, 0.2) is 26.9 Å². The average Bonchev–Trinajstić information content (AvgIpc) is 2.28. The molecule has 0 saturated heterocycles. The molecular weight excluding hydrogens is 128 g/mol. The highest BCUT2D eigenvalue weighted by molar-refractivity contribution is 5.87. The molecule has 0 spiro atoms. The molecule has 1 aliphatic heterocycles. The molecule has 2 heterocycles. The van der Waals surface area contributed by atoms with Crippen molar-refractivity contribution >= 4 is 12.6 Å². The van der Waals surface area contributed by atoms with Gasteiger partial charge in [-0.25, -0.2) is 4.99 Å². The Labute approximate surface area is 58.1 Å². The lowest BCUT2D eigenvalue weighted by molar-refractivity contribution is 0.563. The van der Waals surface area contributed by atoms with Gasteiger partial charge in [-0.2, -0.15) is 0 Å². The molecule has 0 saturated carbocycles. The maximum atomic E-state index is 4.96. The fourth-order valence-electron chi connectivity index (χ4n) is 0.875. The van der Waals surface area contributed by atoms with Gasteiger partial charge in [0, 0.05) is 17.3 Å². The maximum Gasteiger partial charge on any atom is 0.110 e. The van der Waals surface area contributed by atoms with Crippen molar-refractivity contribution in [2.45, 2.75) is 6.54 Å². The van der Waals surface area contributed by atoms with Crippen molar-refractivity contribution in [3.8, 4) is 0 Å². The van der Waals surface area contributed by atoms with E-state index in [2.05, 4.69) is 9.98 Å². The molecule has 0 aliphatic carbocycles. The largest absolute Gasteiger partial charge is 0.472 e. The summed E-state index contributed by atoms with van der Waals surface area (Å²) in [6, 6.07) is 0. The van der Waals surface area contributed by atoms with E-state index in [0.29, 0.717) is 6.54 Å². The van der Waals surface area contributed by atoms with Crippen LogP contribution < -0.4 is 0 Å². The molecule has 0 aromatic carbocycles. The van der Waals surface area contributed by atoms with Crippen LogP contribution in [0, 0.1) is 0 Å². The zero-order valence-corrected chi connectivity index (χ0v) is 5.32. The van der Waals surface area contributed by atoms with Crippen LogP contribution in [-0.4, -0.2) is 12.6 Å². The summed E-state index contributed by atoms with van der Waals surface area (Å²) in [6.45, 7) is 0.672. The summed E-state index contributed by atoms with van der Waals surface area (Å²) in [4.78, 5) is 7.91. The smallest absolute Gasteiger partial charge is 0.110 e. The van der Waals surface area contributed by atoms with Gasteiger partial charge < -0.3 is 4.42 Å². The highest BCUT2D eigenvalue weighted by atomic mass is 16.3. The first kappa shape index (κ1) is 5.41. The lowest BCUT2D eigenvalue weighted by Gasteiger charge is -1.85. The molecule has 0 fully saturated rings. The van der Waals surface area contributed by atoms with Crippen LogP contribution in [0.25, 0.3) is 0 Å². The molecule has 0 N–H and O–H groups in total. The molecule has 10 heavy (non-hydrogen) atoms. The summed E-state index contributed by atoms with van der Waals surface area (Å²) in [5.41, 5.74) is 2.12. The Balaban J connectivity index is 2.50. The minimum Gasteiger partial charge on any atom is -0.472 e. The van der Waals surface area contributed by atoms with Gasteiger partial charge in [0.2, 0.25) is 0 Å². The fourth-order valence-corrected chi connectivity index (χ4v) is 0.875. The van der Waals surface area contributed by atoms with Crippen LogP contribution in [0.4, 0.5) is 0 Å². The van der Waals surface area contributed by atoms with E-state index in [4.69, 9.17) is 4.42 Å². The minimum absolute atomic E-state index is 0.672. The van der Waals surface area contributed by atoms with Crippen LogP contribution >= 0.6 is 0 Å². The molecule has 3 nitrogen and oxygen atoms in total. The second-order valence-electron chi connectivity index (χ2n) is 2.09. The molecule has 0 radical (unpaired) electrons. The second kappa shape index (κ2) is 2.10. The Morgan fingerprint density at radius 1 is 1.40 bits per heavy atom. The Morgan fingerprint density at radius 3 is 3.40 bits per heavy atom. The van der Waals surface area contributed by atoms with Crippen molar-refractivity contribution in [2.75, 3.05) is 0 Å². The lowest BCUT2D eigenvalue weighted by atomic mass is 10.2. The van der Waals surface area contributed by atoms with Gasteiger partial charge in [-0.3, -0.25) is 4.99 Å². The Morgan fingerprint density at radius 2 is 2.40 bits per heavy atom. The first-order valence-corrected chi connectivity index (χ1v) is 3.03. The number of fused-ring (bicyclic) bond motifs is 1. The number of furan rings is 1. The molecule has 1 aliphatic rings. The lowest BCUT2D eigenvalue weighted by Crippen LogP contribution is -1.81. The van der Waals surface area contributed by atoms with E-state index in [0.717, 1.165) is 11.1 Å². The third kappa shape index (κ3) is 0.757. The van der Waals surface area contributed by atoms with Crippen molar-refractivity contribution in [1.82, 2.24) is 0 Å². The summed E-state index contributed by atoms with van der Waals surface area (Å²) >= 11 is 0. The van der Waals surface area contributed by atoms with Crippen molar-refractivity contribution in [2.24, 2.45) is 9.98 Å². The predicted octanol–water partition coefficient (Wildman–Crippen LogP) is 1.24. The summed E-state index contributed by atoms with van der Waals surface area (Å²) in [6.07, 6.45) is 6.67. The maximum absolute atomic E-state index is 4.96. The highest BCUT2D eigenvalue weighted by Crippen LogP contribution is 2.10. The van der Waals surface area contributed by atoms with E-state index < -0.39 is 0 Å². The first-order valence-electron chi connectivity index (χ1n) is 3.03. The molecule has 0 unspecified atom stereocenters. The zero-order chi connectivity index (χ0) is 6.81. The minimum atomic E-state index is 0.672. The van der Waals surface area contributed by atoms with E-state index in [1.54, 1.807) is 25.1 Å². The van der Waals surface area contributed by atoms with Gasteiger partial charge in [-0.1, -0.05) is 0 Å². The molecule has 0 bridgehead atoms. The summed E-state index contributed by atoms with van der Waals surface area (Å²) in [5.74, 6) is 0. The summed E-state index contributed by atoms with van der Waals surface area (Å²) in [5, 5.41) is 0. The van der Waals surface area contributed by atoms with Crippen molar-refractivity contribution in [1.29, 1.82) is 0 Å². The zero-order valence-electron chi connectivity index (χ0n) is 5.32. The Bertz CT molecular complexity index is 286. The van der Waals surface area contributed by atoms with Crippen LogP contribution in [0.2, 0.25) is 0 Å². The molecule has 0 amide bonds. The van der Waals surface area contributed by atoms with E-state index in [9.17, 15) is 0 Å². The standard InChI is InChI=1S/C7H6N2O/c1-6-3-10-4-7(6)2-9-5-8-1/h1,3-5H,2H2. The third-order valence-electron chi connectivity index (χ3n) is 1.40. The normalized spacial score (nSPS) is 14.8. The quantitative estimate of drug-likeness (QED) is 0.526. The van der Waals surface area contributed by atoms with Crippen LogP contribution in [-0.2, 0) is 6.54 Å². The monoisotopic (exact) mass is 134 g/mol. The van der Waals surface area contributed by atoms with Gasteiger partial charge in [-0.15, -0.1) is 0 Å². The average molecular weight is 134 g/mol. The Hall–Kier alpha value is -1.38. The van der Waals surface area contributed by atoms with E-state index in [-0.39, 0.29) is 0 Å². The van der Waals surface area contributed by atoms with Gasteiger partial charge >= 0.3 is 0 Å². The predicted molar refractivity (Wildman–Crippen MR) is 38.5 cm³/mol. The van der Waals surface area contributed by atoms with E-state index in [1.165, 1.54) is 0 Å². The van der Waals surface area contributed by atoms with Gasteiger partial charge in [0.25, 0.3) is 0 Å². The second-order valence-corrected chi connectivity index (χ2v) is 2.09. The summed E-state index contributed by atoms with van der Waals surface area (Å²) in [7, 11) is 0. The number of aliphatic imine (C=N–C) groups is 2. The third-order valence-corrected chi connectivity index (χ3v) is 1.40. The van der Waals surface area contributed by atoms with Gasteiger partial charge in [0.05, 0.1) is 19.1 Å². The van der Waals surface area contributed by atoms with Crippen molar-refractivity contribution in [3.63, 3.8) is 0 Å². The molecule has 3 heteroatoms. The van der Waals surface area contributed by atoms with Crippen LogP contribution in [0.1, 0.15) is 11.1 Å². The SMILES string of the molecule is C1=NC=NCc2cocc21. The molecule has 1 aromatic heterocycles. The number of nitrogens with zero attached hydrogens (tertiary/aromatic N) is 2. The number of hydrogen-bond donors (Lipinski definition) is 0. The summed E-state index contributed by atoms with van der Waals surface area (Å²) < 4.78 is 4.96. The molecule has 1 aromatic rings. The Kier molecular flexibility index (Phi) is 1.13. The number of hydrogen-bond acceptors (Lipinski definition) is 3. The van der Waals surface area contributed by atoms with E-state index >= 15 is 0 Å². The molecule has 0 atom stereocenters. The fraction of sp³-hybridized carbons (Fsp3) is 0.143.